The zero-order valence-corrected chi connectivity index (χ0v) is 8.85. The first-order chi connectivity index (χ1) is 7.31. The molecule has 0 unspecified atom stereocenters. The van der Waals surface area contributed by atoms with Crippen LogP contribution in [-0.2, 0) is 9.45 Å². The van der Waals surface area contributed by atoms with Crippen molar-refractivity contribution >= 4 is 13.4 Å². The Morgan fingerprint density at radius 1 is 1.40 bits per heavy atom. The molecule has 0 amide bonds. The molecule has 1 heterocycles. The van der Waals surface area contributed by atoms with Gasteiger partial charge in [0.2, 0.25) is 0 Å². The van der Waals surface area contributed by atoms with E-state index in [9.17, 15) is 4.79 Å². The minimum Gasteiger partial charge on any atom is -0.427 e. The molecule has 0 saturated carbocycles. The first-order valence-corrected chi connectivity index (χ1v) is 5.11. The van der Waals surface area contributed by atoms with Crippen molar-refractivity contribution in [3.05, 3.63) is 35.9 Å². The van der Waals surface area contributed by atoms with E-state index in [0.717, 1.165) is 0 Å². The SMILES string of the molecule is COBN1CC(=O)C[C@H]1c1ccccc1. The van der Waals surface area contributed by atoms with Crippen LogP contribution in [0.2, 0.25) is 0 Å². The van der Waals surface area contributed by atoms with Gasteiger partial charge < -0.3 is 9.47 Å². The van der Waals surface area contributed by atoms with Crippen molar-refractivity contribution in [3.8, 4) is 0 Å². The lowest BCUT2D eigenvalue weighted by molar-refractivity contribution is -0.116. The van der Waals surface area contributed by atoms with Gasteiger partial charge in [-0.2, -0.15) is 0 Å². The molecule has 1 aromatic rings. The summed E-state index contributed by atoms with van der Waals surface area (Å²) >= 11 is 0. The van der Waals surface area contributed by atoms with Crippen molar-refractivity contribution in [2.75, 3.05) is 13.7 Å². The summed E-state index contributed by atoms with van der Waals surface area (Å²) in [7, 11) is 2.18. The van der Waals surface area contributed by atoms with E-state index in [0.29, 0.717) is 26.4 Å². The van der Waals surface area contributed by atoms with Crippen molar-refractivity contribution in [3.63, 3.8) is 0 Å². The lowest BCUT2D eigenvalue weighted by Crippen LogP contribution is -2.29. The quantitative estimate of drug-likeness (QED) is 0.684. The molecule has 78 valence electrons. The average Bonchev–Trinajstić information content (AvgIpc) is 2.62. The van der Waals surface area contributed by atoms with Crippen LogP contribution in [-0.4, -0.2) is 31.9 Å². The second kappa shape index (κ2) is 4.60. The van der Waals surface area contributed by atoms with E-state index in [-0.39, 0.29) is 6.04 Å². The average molecular weight is 203 g/mol. The second-order valence-electron chi connectivity index (χ2n) is 3.83. The standard InChI is InChI=1S/C11H14BNO2/c1-15-12-13-8-10(14)7-11(13)9-5-3-2-4-6-9/h2-6,11-12H,7-8H2,1H3/t11-/m0/s1. The number of benzene rings is 1. The zero-order valence-electron chi connectivity index (χ0n) is 8.85. The van der Waals surface area contributed by atoms with Gasteiger partial charge >= 0.3 is 7.62 Å². The molecule has 1 fully saturated rings. The van der Waals surface area contributed by atoms with Gasteiger partial charge in [0.25, 0.3) is 0 Å². The number of Topliss-reactive ketones (excluding diaryl/α,β-unsaturated/α-hetero) is 1. The molecule has 15 heavy (non-hydrogen) atoms. The van der Waals surface area contributed by atoms with Crippen LogP contribution < -0.4 is 0 Å². The van der Waals surface area contributed by atoms with Gasteiger partial charge in [-0.1, -0.05) is 30.3 Å². The molecule has 0 N–H and O–H groups in total. The highest BCUT2D eigenvalue weighted by Crippen LogP contribution is 2.28. The van der Waals surface area contributed by atoms with Crippen molar-refractivity contribution in [1.82, 2.24) is 4.81 Å². The van der Waals surface area contributed by atoms with Crippen molar-refractivity contribution in [2.24, 2.45) is 0 Å². The largest absolute Gasteiger partial charge is 0.427 e. The van der Waals surface area contributed by atoms with E-state index in [1.54, 1.807) is 7.11 Å². The number of carbonyl (C=O) groups is 1. The third-order valence-electron chi connectivity index (χ3n) is 2.72. The molecular weight excluding hydrogens is 189 g/mol. The Morgan fingerprint density at radius 2 is 2.13 bits per heavy atom. The van der Waals surface area contributed by atoms with Gasteiger partial charge in [0.05, 0.1) is 0 Å². The summed E-state index contributed by atoms with van der Waals surface area (Å²) in [6, 6.07) is 10.3. The Balaban J connectivity index is 2.17. The van der Waals surface area contributed by atoms with Gasteiger partial charge in [-0.05, 0) is 5.56 Å². The summed E-state index contributed by atoms with van der Waals surface area (Å²) < 4.78 is 5.10. The van der Waals surface area contributed by atoms with Crippen LogP contribution >= 0.6 is 0 Å². The highest BCUT2D eigenvalue weighted by Gasteiger charge is 2.31. The van der Waals surface area contributed by atoms with Gasteiger partial charge in [-0.3, -0.25) is 4.79 Å². The zero-order chi connectivity index (χ0) is 10.7. The molecular formula is C11H14BNO2. The lowest BCUT2D eigenvalue weighted by atomic mass is 10.0. The molecule has 1 aliphatic rings. The second-order valence-corrected chi connectivity index (χ2v) is 3.83. The summed E-state index contributed by atoms with van der Waals surface area (Å²) in [5.74, 6) is 0.293. The van der Waals surface area contributed by atoms with Crippen LogP contribution in [0.25, 0.3) is 0 Å². The smallest absolute Gasteiger partial charge is 0.364 e. The molecule has 1 aromatic carbocycles. The monoisotopic (exact) mass is 203 g/mol. The third-order valence-corrected chi connectivity index (χ3v) is 2.72. The Morgan fingerprint density at radius 3 is 2.80 bits per heavy atom. The summed E-state index contributed by atoms with van der Waals surface area (Å²) in [6.45, 7) is 0.507. The Labute approximate surface area is 90.3 Å². The molecule has 2 rings (SSSR count). The molecule has 3 nitrogen and oxygen atoms in total. The fraction of sp³-hybridized carbons (Fsp3) is 0.364. The molecule has 0 radical (unpaired) electrons. The third kappa shape index (κ3) is 2.27. The predicted molar refractivity (Wildman–Crippen MR) is 59.7 cm³/mol. The number of nitrogens with zero attached hydrogens (tertiary/aromatic N) is 1. The van der Waals surface area contributed by atoms with Crippen molar-refractivity contribution in [2.45, 2.75) is 12.5 Å². The first kappa shape index (κ1) is 10.4. The van der Waals surface area contributed by atoms with Gasteiger partial charge in [0.15, 0.2) is 0 Å². The van der Waals surface area contributed by atoms with Crippen LogP contribution in [0.4, 0.5) is 0 Å². The minimum atomic E-state index is 0.193. The number of hydrogen-bond acceptors (Lipinski definition) is 3. The number of hydrogen-bond donors (Lipinski definition) is 0. The maximum absolute atomic E-state index is 11.4. The molecule has 1 aliphatic heterocycles. The number of ketones is 1. The topological polar surface area (TPSA) is 29.5 Å². The van der Waals surface area contributed by atoms with E-state index in [4.69, 9.17) is 4.65 Å². The normalized spacial score (nSPS) is 21.9. The molecule has 4 heteroatoms. The van der Waals surface area contributed by atoms with Gasteiger partial charge in [0, 0.05) is 26.1 Å². The van der Waals surface area contributed by atoms with Gasteiger partial charge in [0.1, 0.15) is 5.78 Å². The fourth-order valence-corrected chi connectivity index (χ4v) is 2.05. The van der Waals surface area contributed by atoms with Crippen molar-refractivity contribution < 1.29 is 9.45 Å². The van der Waals surface area contributed by atoms with E-state index < -0.39 is 0 Å². The summed E-state index contributed by atoms with van der Waals surface area (Å²) in [5.41, 5.74) is 1.19. The lowest BCUT2D eigenvalue weighted by Gasteiger charge is -2.21. The Kier molecular flexibility index (Phi) is 3.19. The Hall–Kier alpha value is -1.13. The van der Waals surface area contributed by atoms with E-state index in [1.807, 2.05) is 18.2 Å². The summed E-state index contributed by atoms with van der Waals surface area (Å²) in [6.07, 6.45) is 0.605. The molecule has 0 aromatic heterocycles. The highest BCUT2D eigenvalue weighted by atomic mass is 16.4. The molecule has 0 aliphatic carbocycles. The fourth-order valence-electron chi connectivity index (χ4n) is 2.05. The highest BCUT2D eigenvalue weighted by molar-refractivity contribution is 6.24. The summed E-state index contributed by atoms with van der Waals surface area (Å²) in [4.78, 5) is 13.5. The predicted octanol–water partition coefficient (Wildman–Crippen LogP) is 0.915. The van der Waals surface area contributed by atoms with E-state index in [2.05, 4.69) is 16.9 Å². The van der Waals surface area contributed by atoms with Crippen LogP contribution in [0.5, 0.6) is 0 Å². The maximum atomic E-state index is 11.4. The van der Waals surface area contributed by atoms with E-state index >= 15 is 0 Å². The minimum absolute atomic E-state index is 0.193. The van der Waals surface area contributed by atoms with Crippen LogP contribution in [0.15, 0.2) is 30.3 Å². The maximum Gasteiger partial charge on any atom is 0.364 e. The molecule has 1 saturated heterocycles. The molecule has 0 spiro atoms. The van der Waals surface area contributed by atoms with Crippen LogP contribution in [0, 0.1) is 0 Å². The first-order valence-electron chi connectivity index (χ1n) is 5.11. The number of carbonyl (C=O) groups excluding carboxylic acids is 1. The number of rotatable bonds is 3. The molecule has 0 bridgehead atoms. The van der Waals surface area contributed by atoms with Crippen LogP contribution in [0.3, 0.4) is 0 Å². The van der Waals surface area contributed by atoms with Gasteiger partial charge in [-0.15, -0.1) is 0 Å². The molecule has 1 atom stereocenters. The van der Waals surface area contributed by atoms with Crippen molar-refractivity contribution in [1.29, 1.82) is 0 Å². The van der Waals surface area contributed by atoms with Gasteiger partial charge in [-0.25, -0.2) is 0 Å². The van der Waals surface area contributed by atoms with Crippen LogP contribution in [0.1, 0.15) is 18.0 Å². The Bertz CT molecular complexity index is 342. The van der Waals surface area contributed by atoms with E-state index in [1.165, 1.54) is 5.56 Å². The summed E-state index contributed by atoms with van der Waals surface area (Å²) in [5, 5.41) is 0.